The predicted molar refractivity (Wildman–Crippen MR) is 224 cm³/mol. The molecule has 0 atom stereocenters. The molecule has 0 spiro atoms. The molecule has 0 radical (unpaired) electrons. The third-order valence-corrected chi connectivity index (χ3v) is 11.6. The Hall–Kier alpha value is -4.35. The number of hydrogen-bond acceptors (Lipinski definition) is 8. The lowest BCUT2D eigenvalue weighted by Gasteiger charge is -2.33. The number of piperidine rings is 2. The van der Waals surface area contributed by atoms with Gasteiger partial charge in [-0.15, -0.1) is 0 Å². The van der Waals surface area contributed by atoms with E-state index < -0.39 is 0 Å². The summed E-state index contributed by atoms with van der Waals surface area (Å²) in [6.07, 6.45) is 7.38. The minimum atomic E-state index is 0.412. The smallest absolute Gasteiger partial charge is 0.137 e. The fraction of sp³-hybridized carbons (Fsp3) is 0.381. The maximum Gasteiger partial charge on any atom is 0.137 e. The van der Waals surface area contributed by atoms with Crippen molar-refractivity contribution in [3.63, 3.8) is 0 Å². The van der Waals surface area contributed by atoms with Crippen LogP contribution in [0.1, 0.15) is 82.8 Å². The molecule has 2 aliphatic heterocycles. The molecule has 2 saturated heterocycles. The van der Waals surface area contributed by atoms with Crippen LogP contribution in [-0.2, 0) is 0 Å². The highest BCUT2D eigenvalue weighted by molar-refractivity contribution is 6.34. The Bertz CT molecular complexity index is 2140. The minimum Gasteiger partial charge on any atom is -0.356 e. The van der Waals surface area contributed by atoms with Crippen molar-refractivity contribution >= 4 is 40.6 Å². The van der Waals surface area contributed by atoms with Gasteiger partial charge in [-0.05, 0) is 129 Å². The van der Waals surface area contributed by atoms with Crippen LogP contribution in [0, 0.1) is 41.5 Å². The second-order valence-corrected chi connectivity index (χ2v) is 15.3. The van der Waals surface area contributed by atoms with Crippen molar-refractivity contribution in [2.45, 2.75) is 79.1 Å². The first kappa shape index (κ1) is 40.3. The lowest BCUT2D eigenvalue weighted by Crippen LogP contribution is -2.34. The minimum absolute atomic E-state index is 0.412. The molecule has 10 nitrogen and oxygen atoms in total. The van der Waals surface area contributed by atoms with E-state index in [1.165, 1.54) is 53.3 Å². The molecular formula is C42H49Cl3N10. The Morgan fingerprint density at radius 3 is 1.40 bits per heavy atom. The number of nitrogens with one attached hydrogen (secondary N) is 1. The Morgan fingerprint density at radius 1 is 0.527 bits per heavy atom. The van der Waals surface area contributed by atoms with Gasteiger partial charge in [-0.3, -0.25) is 0 Å². The summed E-state index contributed by atoms with van der Waals surface area (Å²) in [4.78, 5) is 28.1. The Balaban J connectivity index is 0.000000159. The van der Waals surface area contributed by atoms with Gasteiger partial charge in [-0.1, -0.05) is 46.9 Å². The largest absolute Gasteiger partial charge is 0.356 e. The van der Waals surface area contributed by atoms with E-state index in [0.29, 0.717) is 27.3 Å². The summed E-state index contributed by atoms with van der Waals surface area (Å²) < 4.78 is 4.44. The molecule has 1 N–H and O–H groups in total. The fourth-order valence-electron chi connectivity index (χ4n) is 7.30. The molecule has 0 amide bonds. The van der Waals surface area contributed by atoms with Crippen molar-refractivity contribution in [1.82, 2.24) is 44.4 Å². The molecule has 6 aromatic rings. The Morgan fingerprint density at radius 2 is 0.945 bits per heavy atom. The van der Waals surface area contributed by atoms with Gasteiger partial charge in [-0.2, -0.15) is 0 Å². The quantitative estimate of drug-likeness (QED) is 0.172. The van der Waals surface area contributed by atoms with Crippen LogP contribution in [0.15, 0.2) is 73.3 Å². The van der Waals surface area contributed by atoms with Gasteiger partial charge in [0.25, 0.3) is 0 Å². The first-order valence-electron chi connectivity index (χ1n) is 18.8. The molecule has 288 valence electrons. The van der Waals surface area contributed by atoms with Crippen LogP contribution in [-0.4, -0.2) is 65.2 Å². The summed E-state index contributed by atoms with van der Waals surface area (Å²) >= 11 is 17.3. The average molecular weight is 800 g/mol. The maximum absolute atomic E-state index is 6.16. The van der Waals surface area contributed by atoms with E-state index in [1.54, 1.807) is 13.3 Å². The molecule has 13 heteroatoms. The summed E-state index contributed by atoms with van der Waals surface area (Å²) in [6.45, 7) is 16.4. The molecule has 8 rings (SSSR count). The predicted octanol–water partition coefficient (Wildman–Crippen LogP) is 9.67. The highest BCUT2D eigenvalue weighted by Gasteiger charge is 2.24. The number of anilines is 1. The van der Waals surface area contributed by atoms with E-state index in [-0.39, 0.29) is 0 Å². The van der Waals surface area contributed by atoms with Gasteiger partial charge in [0.15, 0.2) is 0 Å². The van der Waals surface area contributed by atoms with Crippen molar-refractivity contribution < 1.29 is 0 Å². The Kier molecular flexibility index (Phi) is 13.6. The molecule has 0 aliphatic carbocycles. The van der Waals surface area contributed by atoms with E-state index >= 15 is 0 Å². The highest BCUT2D eigenvalue weighted by atomic mass is 35.5. The van der Waals surface area contributed by atoms with Crippen molar-refractivity contribution in [3.05, 3.63) is 134 Å². The van der Waals surface area contributed by atoms with Gasteiger partial charge in [0.1, 0.15) is 45.6 Å². The molecule has 2 aliphatic rings. The van der Waals surface area contributed by atoms with Crippen LogP contribution in [0.4, 0.5) is 5.82 Å². The molecule has 0 saturated carbocycles. The van der Waals surface area contributed by atoms with Gasteiger partial charge in [0, 0.05) is 70.2 Å². The van der Waals surface area contributed by atoms with Crippen LogP contribution < -0.4 is 10.2 Å². The number of rotatable bonds is 5. The van der Waals surface area contributed by atoms with Gasteiger partial charge in [-0.25, -0.2) is 29.9 Å². The monoisotopic (exact) mass is 798 g/mol. The van der Waals surface area contributed by atoms with Gasteiger partial charge < -0.3 is 19.4 Å². The second-order valence-electron chi connectivity index (χ2n) is 14.2. The summed E-state index contributed by atoms with van der Waals surface area (Å²) in [5.41, 5.74) is 9.01. The number of aromatic nitrogens is 8. The second kappa shape index (κ2) is 18.5. The van der Waals surface area contributed by atoms with Crippen LogP contribution in [0.3, 0.4) is 0 Å². The van der Waals surface area contributed by atoms with Gasteiger partial charge in [0.05, 0.1) is 0 Å². The normalized spacial score (nSPS) is 14.9. The summed E-state index contributed by atoms with van der Waals surface area (Å²) in [5.74, 6) is 4.09. The number of halogens is 3. The molecule has 0 unspecified atom stereocenters. The highest BCUT2D eigenvalue weighted by Crippen LogP contribution is 2.32. The first-order chi connectivity index (χ1) is 26.5. The molecule has 0 bridgehead atoms. The zero-order chi connectivity index (χ0) is 39.1. The summed E-state index contributed by atoms with van der Waals surface area (Å²) in [6, 6.07) is 21.3. The van der Waals surface area contributed by atoms with E-state index in [1.807, 2.05) is 6.92 Å². The number of aryl methyl sites for hydroxylation is 4. The van der Waals surface area contributed by atoms with Crippen molar-refractivity contribution in [2.75, 3.05) is 31.1 Å². The number of hydrogen-bond donors (Lipinski definition) is 1. The molecule has 55 heavy (non-hydrogen) atoms. The first-order valence-corrected chi connectivity index (χ1v) is 19.9. The topological polar surface area (TPSA) is 102 Å². The fourth-order valence-corrected chi connectivity index (χ4v) is 7.74. The Labute approximate surface area is 339 Å². The van der Waals surface area contributed by atoms with Crippen molar-refractivity contribution in [3.8, 4) is 11.6 Å². The van der Waals surface area contributed by atoms with Crippen LogP contribution in [0.25, 0.3) is 11.6 Å². The molecular weight excluding hydrogens is 751 g/mol. The average Bonchev–Trinajstić information content (AvgIpc) is 3.73. The molecule has 2 fully saturated rings. The maximum atomic E-state index is 6.16. The van der Waals surface area contributed by atoms with E-state index in [9.17, 15) is 0 Å². The van der Waals surface area contributed by atoms with Crippen LogP contribution >= 0.6 is 34.8 Å². The zero-order valence-corrected chi connectivity index (χ0v) is 34.7. The van der Waals surface area contributed by atoms with Gasteiger partial charge >= 0.3 is 0 Å². The summed E-state index contributed by atoms with van der Waals surface area (Å²) in [5, 5.41) is 4.77. The van der Waals surface area contributed by atoms with Crippen molar-refractivity contribution in [2.24, 2.45) is 0 Å². The zero-order valence-electron chi connectivity index (χ0n) is 32.4. The SMILES string of the molecule is Cc1c(Cl)ncnc1Cl.Cc1c(Cl)ncnc1N1CCC(c2cccc(-n3c(C)ccc3C)n2)CC1.Cc1ccc(C)n1-c1cccc(C2CCNCC2)n1. The van der Waals surface area contributed by atoms with Crippen molar-refractivity contribution in [1.29, 1.82) is 0 Å². The van der Waals surface area contributed by atoms with Crippen LogP contribution in [0.5, 0.6) is 0 Å². The number of pyridine rings is 2. The summed E-state index contributed by atoms with van der Waals surface area (Å²) in [7, 11) is 0. The van der Waals surface area contributed by atoms with E-state index in [2.05, 4.69) is 128 Å². The molecule has 8 heterocycles. The third-order valence-electron chi connectivity index (χ3n) is 10.4. The third kappa shape index (κ3) is 9.73. The molecule has 6 aromatic heterocycles. The lowest BCUT2D eigenvalue weighted by atomic mass is 9.93. The van der Waals surface area contributed by atoms with Crippen LogP contribution in [0.2, 0.25) is 15.5 Å². The molecule has 0 aromatic carbocycles. The van der Waals surface area contributed by atoms with Gasteiger partial charge in [0.2, 0.25) is 0 Å². The lowest BCUT2D eigenvalue weighted by molar-refractivity contribution is 0.453. The number of nitrogens with zero attached hydrogens (tertiary/aromatic N) is 9. The standard InChI is InChI=1S/C21H24ClN5.C16H21N3.C5H4Cl2N2/c1-14-7-8-15(2)27(14)19-6-4-5-18(25-19)17-9-11-26(12-10-17)21-16(3)20(22)23-13-24-21;1-12-6-7-13(2)19(12)16-5-3-4-15(18-16)14-8-10-17-11-9-14;1-3-4(6)8-2-9-5(3)7/h4-8,13,17H,9-12H2,1-3H3;3-7,14,17H,8-11H2,1-2H3;2H,1H3. The van der Waals surface area contributed by atoms with E-state index in [0.717, 1.165) is 67.6 Å². The van der Waals surface area contributed by atoms with E-state index in [4.69, 9.17) is 44.8 Å².